The van der Waals surface area contributed by atoms with Crippen LogP contribution in [0.4, 0.5) is 5.69 Å². The van der Waals surface area contributed by atoms with Gasteiger partial charge in [-0.15, -0.1) is 11.3 Å². The fraction of sp³-hybridized carbons (Fsp3) is 0.167. The largest absolute Gasteiger partial charge is 0.332 e. The Morgan fingerprint density at radius 1 is 1.17 bits per heavy atom. The number of benzene rings is 2. The molecule has 0 saturated heterocycles. The van der Waals surface area contributed by atoms with Gasteiger partial charge in [0.25, 0.3) is 0 Å². The molecule has 0 spiro atoms. The summed E-state index contributed by atoms with van der Waals surface area (Å²) in [5, 5.41) is 6.99. The van der Waals surface area contributed by atoms with Gasteiger partial charge in [-0.2, -0.15) is 0 Å². The minimum Gasteiger partial charge on any atom is -0.332 e. The van der Waals surface area contributed by atoms with Gasteiger partial charge in [0.15, 0.2) is 5.11 Å². The first-order valence-electron chi connectivity index (χ1n) is 7.72. The summed E-state index contributed by atoms with van der Waals surface area (Å²) in [5.74, 6) is -0.0684. The van der Waals surface area contributed by atoms with Crippen LogP contribution in [0.3, 0.4) is 0 Å². The van der Waals surface area contributed by atoms with E-state index in [0.29, 0.717) is 11.5 Å². The average molecular weight is 355 g/mol. The Hall–Kier alpha value is -2.31. The average Bonchev–Trinajstić information content (AvgIpc) is 2.99. The second-order valence-corrected chi connectivity index (χ2v) is 6.76. The fourth-order valence-corrected chi connectivity index (χ4v) is 3.47. The van der Waals surface area contributed by atoms with Crippen LogP contribution in [-0.2, 0) is 4.79 Å². The predicted octanol–water partition coefficient (Wildman–Crippen LogP) is 4.58. The zero-order valence-electron chi connectivity index (χ0n) is 13.2. The maximum atomic E-state index is 11.5. The van der Waals surface area contributed by atoms with Crippen LogP contribution in [0.5, 0.6) is 0 Å². The summed E-state index contributed by atoms with van der Waals surface area (Å²) in [5.41, 5.74) is 2.91. The van der Waals surface area contributed by atoms with Crippen molar-refractivity contribution in [3.63, 3.8) is 0 Å². The highest BCUT2D eigenvalue weighted by molar-refractivity contribution is 7.80. The van der Waals surface area contributed by atoms with Crippen molar-refractivity contribution in [3.8, 4) is 10.6 Å². The van der Waals surface area contributed by atoms with E-state index in [4.69, 9.17) is 12.2 Å². The molecule has 122 valence electrons. The Balaban J connectivity index is 1.69. The van der Waals surface area contributed by atoms with Crippen molar-refractivity contribution >= 4 is 50.5 Å². The summed E-state index contributed by atoms with van der Waals surface area (Å²) >= 11 is 6.81. The molecule has 2 N–H and O–H groups in total. The summed E-state index contributed by atoms with van der Waals surface area (Å²) in [6, 6.07) is 16.0. The van der Waals surface area contributed by atoms with E-state index in [1.807, 2.05) is 49.4 Å². The number of para-hydroxylation sites is 1. The van der Waals surface area contributed by atoms with Gasteiger partial charge in [0.1, 0.15) is 5.01 Å². The first-order chi connectivity index (χ1) is 11.7. The van der Waals surface area contributed by atoms with Gasteiger partial charge in [0.05, 0.1) is 10.2 Å². The van der Waals surface area contributed by atoms with Gasteiger partial charge in [0, 0.05) is 17.7 Å². The summed E-state index contributed by atoms with van der Waals surface area (Å²) in [7, 11) is 0. The van der Waals surface area contributed by atoms with Crippen molar-refractivity contribution < 1.29 is 4.79 Å². The Morgan fingerprint density at radius 2 is 1.92 bits per heavy atom. The number of nitrogens with zero attached hydrogens (tertiary/aromatic N) is 1. The van der Waals surface area contributed by atoms with Crippen LogP contribution < -0.4 is 10.6 Å². The number of hydrogen-bond acceptors (Lipinski definition) is 4. The molecule has 0 saturated carbocycles. The number of carbonyl (C=O) groups is 1. The van der Waals surface area contributed by atoms with Crippen molar-refractivity contribution in [1.29, 1.82) is 0 Å². The number of hydrogen-bond donors (Lipinski definition) is 2. The lowest BCUT2D eigenvalue weighted by atomic mass is 10.2. The third-order valence-corrected chi connectivity index (χ3v) is 4.70. The quantitative estimate of drug-likeness (QED) is 0.673. The third kappa shape index (κ3) is 3.96. The number of anilines is 1. The normalized spacial score (nSPS) is 10.5. The Kier molecular flexibility index (Phi) is 5.17. The van der Waals surface area contributed by atoms with E-state index in [-0.39, 0.29) is 5.91 Å². The molecule has 4 nitrogen and oxygen atoms in total. The molecule has 0 fully saturated rings. The molecule has 1 amide bonds. The molecule has 6 heteroatoms. The van der Waals surface area contributed by atoms with Crippen LogP contribution in [-0.4, -0.2) is 16.0 Å². The van der Waals surface area contributed by atoms with E-state index < -0.39 is 0 Å². The summed E-state index contributed by atoms with van der Waals surface area (Å²) in [6.07, 6.45) is 1.27. The number of thiocarbonyl (C=S) groups is 1. The lowest BCUT2D eigenvalue weighted by molar-refractivity contribution is -0.119. The highest BCUT2D eigenvalue weighted by atomic mass is 32.1. The van der Waals surface area contributed by atoms with Crippen molar-refractivity contribution in [1.82, 2.24) is 10.3 Å². The first-order valence-corrected chi connectivity index (χ1v) is 8.95. The predicted molar refractivity (Wildman–Crippen MR) is 104 cm³/mol. The molecule has 0 atom stereocenters. The van der Waals surface area contributed by atoms with Crippen molar-refractivity contribution in [2.45, 2.75) is 19.8 Å². The smallest absolute Gasteiger partial charge is 0.226 e. The van der Waals surface area contributed by atoms with E-state index in [0.717, 1.165) is 28.2 Å². The van der Waals surface area contributed by atoms with Gasteiger partial charge in [-0.1, -0.05) is 19.1 Å². The zero-order valence-corrected chi connectivity index (χ0v) is 14.8. The Bertz CT molecular complexity index is 838. The molecule has 1 heterocycles. The highest BCUT2D eigenvalue weighted by Crippen LogP contribution is 2.30. The number of fused-ring (bicyclic) bond motifs is 1. The molecule has 3 rings (SSSR count). The lowest BCUT2D eigenvalue weighted by Gasteiger charge is -2.09. The van der Waals surface area contributed by atoms with E-state index in [1.54, 1.807) is 11.3 Å². The number of nitrogens with one attached hydrogen (secondary N) is 2. The molecular formula is C18H17N3OS2. The molecule has 0 aliphatic rings. The van der Waals surface area contributed by atoms with Crippen molar-refractivity contribution in [3.05, 3.63) is 48.5 Å². The van der Waals surface area contributed by atoms with Gasteiger partial charge in [-0.3, -0.25) is 4.79 Å². The summed E-state index contributed by atoms with van der Waals surface area (Å²) < 4.78 is 1.18. The topological polar surface area (TPSA) is 54.0 Å². The fourth-order valence-electron chi connectivity index (χ4n) is 2.27. The summed E-state index contributed by atoms with van der Waals surface area (Å²) in [4.78, 5) is 16.2. The van der Waals surface area contributed by atoms with Crippen LogP contribution in [0.1, 0.15) is 19.8 Å². The molecule has 0 bridgehead atoms. The molecule has 1 aromatic heterocycles. The van der Waals surface area contributed by atoms with Crippen LogP contribution in [0.2, 0.25) is 0 Å². The molecule has 0 unspecified atom stereocenters. The van der Waals surface area contributed by atoms with Crippen LogP contribution in [0, 0.1) is 0 Å². The molecule has 0 radical (unpaired) electrons. The second kappa shape index (κ2) is 7.51. The van der Waals surface area contributed by atoms with Crippen LogP contribution >= 0.6 is 23.6 Å². The molecule has 0 aliphatic carbocycles. The van der Waals surface area contributed by atoms with Crippen LogP contribution in [0.15, 0.2) is 48.5 Å². The van der Waals surface area contributed by atoms with Gasteiger partial charge in [-0.05, 0) is 55.0 Å². The van der Waals surface area contributed by atoms with E-state index in [2.05, 4.69) is 21.7 Å². The van der Waals surface area contributed by atoms with Gasteiger partial charge >= 0.3 is 0 Å². The Labute approximate surface area is 149 Å². The standard InChI is InChI=1S/C18H17N3OS2/c1-2-5-16(22)21-18(23)19-13-10-8-12(9-11-13)17-20-14-6-3-4-7-15(14)24-17/h3-4,6-11H,2,5H2,1H3,(H2,19,21,22,23). The lowest BCUT2D eigenvalue weighted by Crippen LogP contribution is -2.33. The molecule has 24 heavy (non-hydrogen) atoms. The molecular weight excluding hydrogens is 338 g/mol. The van der Waals surface area contributed by atoms with E-state index >= 15 is 0 Å². The molecule has 2 aromatic carbocycles. The van der Waals surface area contributed by atoms with Crippen LogP contribution in [0.25, 0.3) is 20.8 Å². The van der Waals surface area contributed by atoms with Crippen molar-refractivity contribution in [2.24, 2.45) is 0 Å². The third-order valence-electron chi connectivity index (χ3n) is 3.41. The van der Waals surface area contributed by atoms with E-state index in [9.17, 15) is 4.79 Å². The van der Waals surface area contributed by atoms with Crippen molar-refractivity contribution in [2.75, 3.05) is 5.32 Å². The monoisotopic (exact) mass is 355 g/mol. The zero-order chi connectivity index (χ0) is 16.9. The van der Waals surface area contributed by atoms with Gasteiger partial charge < -0.3 is 10.6 Å². The highest BCUT2D eigenvalue weighted by Gasteiger charge is 2.07. The minimum absolute atomic E-state index is 0.0684. The molecule has 0 aliphatic heterocycles. The number of thiazole rings is 1. The number of carbonyl (C=O) groups excluding carboxylic acids is 1. The maximum Gasteiger partial charge on any atom is 0.226 e. The second-order valence-electron chi connectivity index (χ2n) is 5.32. The number of rotatable bonds is 4. The minimum atomic E-state index is -0.0684. The van der Waals surface area contributed by atoms with Gasteiger partial charge in [0.2, 0.25) is 5.91 Å². The summed E-state index contributed by atoms with van der Waals surface area (Å²) in [6.45, 7) is 1.96. The number of aromatic nitrogens is 1. The first kappa shape index (κ1) is 16.5. The molecule has 3 aromatic rings. The van der Waals surface area contributed by atoms with Gasteiger partial charge in [-0.25, -0.2) is 4.98 Å². The Morgan fingerprint density at radius 3 is 2.62 bits per heavy atom. The van der Waals surface area contributed by atoms with E-state index in [1.165, 1.54) is 4.70 Å². The maximum absolute atomic E-state index is 11.5. The SMILES string of the molecule is CCCC(=O)NC(=S)Nc1ccc(-c2nc3ccccc3s2)cc1. The number of amides is 1.